The normalized spacial score (nSPS) is 12.6. The fourth-order valence-electron chi connectivity index (χ4n) is 2.53. The highest BCUT2D eigenvalue weighted by Crippen LogP contribution is 2.27. The SMILES string of the molecule is CCNC(Cc1cc(C)nn1CC)c1ccc(Cl)c(Br)c1. The van der Waals surface area contributed by atoms with Crippen LogP contribution < -0.4 is 5.32 Å². The van der Waals surface area contributed by atoms with E-state index in [0.29, 0.717) is 0 Å². The van der Waals surface area contributed by atoms with Crippen LogP contribution in [0.3, 0.4) is 0 Å². The largest absolute Gasteiger partial charge is 0.310 e. The number of halogens is 2. The van der Waals surface area contributed by atoms with Gasteiger partial charge < -0.3 is 5.32 Å². The smallest absolute Gasteiger partial charge is 0.0596 e. The first kappa shape index (κ1) is 16.5. The van der Waals surface area contributed by atoms with Crippen LogP contribution >= 0.6 is 27.5 Å². The fraction of sp³-hybridized carbons (Fsp3) is 0.438. The van der Waals surface area contributed by atoms with Crippen molar-refractivity contribution in [1.82, 2.24) is 15.1 Å². The van der Waals surface area contributed by atoms with Gasteiger partial charge in [-0.1, -0.05) is 24.6 Å². The molecule has 0 fully saturated rings. The second-order valence-corrected chi connectivity index (χ2v) is 6.34. The van der Waals surface area contributed by atoms with Crippen molar-refractivity contribution in [3.8, 4) is 0 Å². The molecule has 0 radical (unpaired) electrons. The highest BCUT2D eigenvalue weighted by atomic mass is 79.9. The molecule has 1 heterocycles. The first-order valence-corrected chi connectivity index (χ1v) is 8.43. The molecule has 0 aliphatic rings. The second kappa shape index (κ2) is 7.43. The highest BCUT2D eigenvalue weighted by Gasteiger charge is 2.15. The summed E-state index contributed by atoms with van der Waals surface area (Å²) in [4.78, 5) is 0. The monoisotopic (exact) mass is 369 g/mol. The van der Waals surface area contributed by atoms with Crippen molar-refractivity contribution in [2.45, 2.75) is 39.8 Å². The number of rotatable bonds is 6. The van der Waals surface area contributed by atoms with Crippen molar-refractivity contribution in [2.75, 3.05) is 6.54 Å². The van der Waals surface area contributed by atoms with Gasteiger partial charge in [-0.25, -0.2) is 0 Å². The maximum Gasteiger partial charge on any atom is 0.0596 e. The molecule has 2 aromatic rings. The Hall–Kier alpha value is -0.840. The summed E-state index contributed by atoms with van der Waals surface area (Å²) in [5.41, 5.74) is 3.56. The zero-order chi connectivity index (χ0) is 15.4. The topological polar surface area (TPSA) is 29.9 Å². The summed E-state index contributed by atoms with van der Waals surface area (Å²) in [5.74, 6) is 0. The molecule has 1 atom stereocenters. The molecule has 1 aromatic carbocycles. The number of hydrogen-bond donors (Lipinski definition) is 1. The van der Waals surface area contributed by atoms with Crippen LogP contribution in [-0.4, -0.2) is 16.3 Å². The highest BCUT2D eigenvalue weighted by molar-refractivity contribution is 9.10. The number of nitrogens with one attached hydrogen (secondary N) is 1. The van der Waals surface area contributed by atoms with Crippen molar-refractivity contribution in [2.24, 2.45) is 0 Å². The molecule has 0 bridgehead atoms. The Balaban J connectivity index is 2.27. The number of nitrogens with zero attached hydrogens (tertiary/aromatic N) is 2. The van der Waals surface area contributed by atoms with Gasteiger partial charge in [-0.2, -0.15) is 5.10 Å². The molecule has 0 aliphatic heterocycles. The molecule has 0 aliphatic carbocycles. The molecule has 0 saturated carbocycles. The van der Waals surface area contributed by atoms with Gasteiger partial charge in [-0.3, -0.25) is 4.68 Å². The van der Waals surface area contributed by atoms with E-state index in [2.05, 4.69) is 63.1 Å². The third-order valence-electron chi connectivity index (χ3n) is 3.49. The number of benzene rings is 1. The summed E-state index contributed by atoms with van der Waals surface area (Å²) in [6.45, 7) is 8.10. The fourth-order valence-corrected chi connectivity index (χ4v) is 3.04. The maximum atomic E-state index is 6.09. The zero-order valence-electron chi connectivity index (χ0n) is 12.7. The van der Waals surface area contributed by atoms with Crippen molar-refractivity contribution in [3.05, 3.63) is 50.7 Å². The van der Waals surface area contributed by atoms with Crippen molar-refractivity contribution >= 4 is 27.5 Å². The molecule has 1 unspecified atom stereocenters. The lowest BCUT2D eigenvalue weighted by molar-refractivity contribution is 0.516. The van der Waals surface area contributed by atoms with E-state index in [0.717, 1.165) is 34.7 Å². The standard InChI is InChI=1S/C16H21BrClN3/c1-4-19-16(12-6-7-15(18)14(17)9-12)10-13-8-11(3)20-21(13)5-2/h6-9,16,19H,4-5,10H2,1-3H3. The average molecular weight is 371 g/mol. The van der Waals surface area contributed by atoms with E-state index < -0.39 is 0 Å². The van der Waals surface area contributed by atoms with E-state index in [9.17, 15) is 0 Å². The van der Waals surface area contributed by atoms with Gasteiger partial charge in [0.05, 0.1) is 10.7 Å². The van der Waals surface area contributed by atoms with Crippen LogP contribution in [0.15, 0.2) is 28.7 Å². The predicted molar refractivity (Wildman–Crippen MR) is 91.9 cm³/mol. The summed E-state index contributed by atoms with van der Waals surface area (Å²) < 4.78 is 3.01. The van der Waals surface area contributed by atoms with E-state index in [4.69, 9.17) is 11.6 Å². The Bertz CT molecular complexity index is 610. The third-order valence-corrected chi connectivity index (χ3v) is 4.71. The summed E-state index contributed by atoms with van der Waals surface area (Å²) in [6.07, 6.45) is 0.913. The van der Waals surface area contributed by atoms with Crippen LogP contribution in [0.25, 0.3) is 0 Å². The number of hydrogen-bond acceptors (Lipinski definition) is 2. The molecule has 5 heteroatoms. The molecular formula is C16H21BrClN3. The minimum absolute atomic E-state index is 0.255. The molecule has 114 valence electrons. The van der Waals surface area contributed by atoms with Gasteiger partial charge in [-0.05, 0) is 60.1 Å². The van der Waals surface area contributed by atoms with E-state index in [1.807, 2.05) is 13.0 Å². The summed E-state index contributed by atoms with van der Waals surface area (Å²) in [6, 6.07) is 8.53. The Morgan fingerprint density at radius 2 is 2.10 bits per heavy atom. The van der Waals surface area contributed by atoms with Crippen LogP contribution in [-0.2, 0) is 13.0 Å². The minimum atomic E-state index is 0.255. The van der Waals surface area contributed by atoms with Crippen LogP contribution in [0.1, 0.15) is 36.8 Å². The summed E-state index contributed by atoms with van der Waals surface area (Å²) in [5, 5.41) is 8.82. The first-order valence-electron chi connectivity index (χ1n) is 7.26. The van der Waals surface area contributed by atoms with Crippen LogP contribution in [0.4, 0.5) is 0 Å². The predicted octanol–water partition coefficient (Wildman–Crippen LogP) is 4.52. The molecule has 2 rings (SSSR count). The number of likely N-dealkylation sites (N-methyl/N-ethyl adjacent to an activating group) is 1. The van der Waals surface area contributed by atoms with Gasteiger partial charge in [-0.15, -0.1) is 0 Å². The molecular weight excluding hydrogens is 350 g/mol. The van der Waals surface area contributed by atoms with Gasteiger partial charge in [0.15, 0.2) is 0 Å². The van der Waals surface area contributed by atoms with Crippen molar-refractivity contribution < 1.29 is 0 Å². The van der Waals surface area contributed by atoms with E-state index in [1.165, 1.54) is 11.3 Å². The second-order valence-electron chi connectivity index (χ2n) is 5.08. The molecule has 1 aromatic heterocycles. The van der Waals surface area contributed by atoms with Crippen LogP contribution in [0, 0.1) is 6.92 Å². The van der Waals surface area contributed by atoms with Crippen LogP contribution in [0.5, 0.6) is 0 Å². The third kappa shape index (κ3) is 4.09. The number of aryl methyl sites for hydroxylation is 2. The van der Waals surface area contributed by atoms with Gasteiger partial charge in [0.1, 0.15) is 0 Å². The Morgan fingerprint density at radius 3 is 2.71 bits per heavy atom. The average Bonchev–Trinajstić information content (AvgIpc) is 2.81. The van der Waals surface area contributed by atoms with Gasteiger partial charge in [0.25, 0.3) is 0 Å². The Morgan fingerprint density at radius 1 is 1.33 bits per heavy atom. The molecule has 21 heavy (non-hydrogen) atoms. The minimum Gasteiger partial charge on any atom is -0.310 e. The Labute approximate surface area is 139 Å². The summed E-state index contributed by atoms with van der Waals surface area (Å²) in [7, 11) is 0. The first-order chi connectivity index (χ1) is 10.0. The lowest BCUT2D eigenvalue weighted by Crippen LogP contribution is -2.24. The number of aromatic nitrogens is 2. The quantitative estimate of drug-likeness (QED) is 0.810. The molecule has 0 amide bonds. The van der Waals surface area contributed by atoms with Gasteiger partial charge >= 0.3 is 0 Å². The van der Waals surface area contributed by atoms with Crippen LogP contribution in [0.2, 0.25) is 5.02 Å². The Kier molecular flexibility index (Phi) is 5.85. The van der Waals surface area contributed by atoms with E-state index in [1.54, 1.807) is 0 Å². The molecule has 0 spiro atoms. The summed E-state index contributed by atoms with van der Waals surface area (Å²) >= 11 is 9.60. The zero-order valence-corrected chi connectivity index (χ0v) is 15.0. The van der Waals surface area contributed by atoms with Gasteiger partial charge in [0.2, 0.25) is 0 Å². The van der Waals surface area contributed by atoms with Gasteiger partial charge in [0, 0.05) is 29.2 Å². The molecule has 1 N–H and O–H groups in total. The maximum absolute atomic E-state index is 6.09. The molecule has 3 nitrogen and oxygen atoms in total. The van der Waals surface area contributed by atoms with Crippen molar-refractivity contribution in [3.63, 3.8) is 0 Å². The van der Waals surface area contributed by atoms with Crippen molar-refractivity contribution in [1.29, 1.82) is 0 Å². The lowest BCUT2D eigenvalue weighted by Gasteiger charge is -2.19. The lowest BCUT2D eigenvalue weighted by atomic mass is 10.0. The molecule has 0 saturated heterocycles. The van der Waals surface area contributed by atoms with E-state index in [-0.39, 0.29) is 6.04 Å². The van der Waals surface area contributed by atoms with E-state index >= 15 is 0 Å².